The summed E-state index contributed by atoms with van der Waals surface area (Å²) in [7, 11) is 0. The van der Waals surface area contributed by atoms with Crippen molar-refractivity contribution in [1.29, 1.82) is 0 Å². The van der Waals surface area contributed by atoms with E-state index < -0.39 is 29.5 Å². The predicted octanol–water partition coefficient (Wildman–Crippen LogP) is 3.05. The van der Waals surface area contributed by atoms with Crippen LogP contribution in [0.1, 0.15) is 51.8 Å². The average Bonchev–Trinajstić information content (AvgIpc) is 3.19. The first-order chi connectivity index (χ1) is 19.1. The second kappa shape index (κ2) is 12.1. The van der Waals surface area contributed by atoms with Crippen molar-refractivity contribution in [1.82, 2.24) is 4.57 Å². The lowest BCUT2D eigenvalue weighted by Crippen LogP contribution is -2.40. The third kappa shape index (κ3) is 5.89. The van der Waals surface area contributed by atoms with E-state index in [4.69, 9.17) is 18.9 Å². The summed E-state index contributed by atoms with van der Waals surface area (Å²) in [4.78, 5) is 55.2. The van der Waals surface area contributed by atoms with Gasteiger partial charge in [0.25, 0.3) is 5.56 Å². The minimum Gasteiger partial charge on any atom is -0.490 e. The normalized spacial score (nSPS) is 14.7. The van der Waals surface area contributed by atoms with Gasteiger partial charge in [-0.05, 0) is 50.6 Å². The van der Waals surface area contributed by atoms with Crippen LogP contribution in [-0.4, -0.2) is 35.7 Å². The number of ether oxygens (including phenoxy) is 4. The van der Waals surface area contributed by atoms with Crippen molar-refractivity contribution in [2.75, 3.05) is 13.2 Å². The molecule has 40 heavy (non-hydrogen) atoms. The number of carbonyl (C=O) groups excluding carboxylic acids is 3. The van der Waals surface area contributed by atoms with Gasteiger partial charge in [-0.25, -0.2) is 9.79 Å². The van der Waals surface area contributed by atoms with Crippen LogP contribution >= 0.6 is 11.3 Å². The fourth-order valence-corrected chi connectivity index (χ4v) is 5.34. The number of allylic oxidation sites excluding steroid dienone is 1. The number of benzene rings is 2. The number of hydrogen-bond acceptors (Lipinski definition) is 10. The zero-order valence-corrected chi connectivity index (χ0v) is 23.5. The van der Waals surface area contributed by atoms with Crippen LogP contribution < -0.4 is 29.1 Å². The maximum atomic E-state index is 13.9. The topological polar surface area (TPSA) is 122 Å². The molecule has 4 rings (SSSR count). The van der Waals surface area contributed by atoms with Crippen molar-refractivity contribution in [2.45, 2.75) is 40.7 Å². The summed E-state index contributed by atoms with van der Waals surface area (Å²) in [5.41, 5.74) is 1.26. The molecule has 0 fully saturated rings. The van der Waals surface area contributed by atoms with Crippen molar-refractivity contribution in [3.8, 4) is 17.2 Å². The van der Waals surface area contributed by atoms with Gasteiger partial charge in [0.2, 0.25) is 0 Å². The lowest BCUT2D eigenvalue weighted by Gasteiger charge is -2.25. The molecule has 0 saturated heterocycles. The third-order valence-corrected chi connectivity index (χ3v) is 6.80. The molecular formula is C29H28N2O8S. The zero-order valence-electron chi connectivity index (χ0n) is 22.7. The highest BCUT2D eigenvalue weighted by atomic mass is 32.1. The van der Waals surface area contributed by atoms with Crippen LogP contribution in [0.15, 0.2) is 63.5 Å². The first-order valence-electron chi connectivity index (χ1n) is 12.6. The number of nitrogens with zero attached hydrogens (tertiary/aromatic N) is 2. The standard InChI is InChI=1S/C29H28N2O8S/c1-6-36-23-14-20(12-13-22(23)39-18(5)33)26-25(28(35)37-7-2)16(3)30-29-31(26)27(34)24(40-29)15-19-10-8-9-11-21(19)38-17(4)32/h8-15,26H,6-7H2,1-5H3/b24-15+/t26-/m0/s1. The number of aromatic nitrogens is 1. The van der Waals surface area contributed by atoms with Crippen molar-refractivity contribution >= 4 is 35.3 Å². The molecule has 0 bridgehead atoms. The van der Waals surface area contributed by atoms with Gasteiger partial charge in [-0.3, -0.25) is 19.0 Å². The van der Waals surface area contributed by atoms with Gasteiger partial charge >= 0.3 is 17.9 Å². The third-order valence-electron chi connectivity index (χ3n) is 5.81. The molecule has 11 heteroatoms. The van der Waals surface area contributed by atoms with Gasteiger partial charge in [0, 0.05) is 19.4 Å². The van der Waals surface area contributed by atoms with Crippen LogP contribution in [0.2, 0.25) is 0 Å². The van der Waals surface area contributed by atoms with E-state index in [9.17, 15) is 19.2 Å². The molecule has 0 N–H and O–H groups in total. The fourth-order valence-electron chi connectivity index (χ4n) is 4.30. The van der Waals surface area contributed by atoms with E-state index in [0.29, 0.717) is 38.5 Å². The summed E-state index contributed by atoms with van der Waals surface area (Å²) in [6.07, 6.45) is 1.62. The van der Waals surface area contributed by atoms with Crippen LogP contribution in [0.25, 0.3) is 6.08 Å². The van der Waals surface area contributed by atoms with E-state index in [0.717, 1.165) is 11.3 Å². The Bertz CT molecular complexity index is 1700. The highest BCUT2D eigenvalue weighted by molar-refractivity contribution is 7.07. The van der Waals surface area contributed by atoms with Crippen molar-refractivity contribution in [3.63, 3.8) is 0 Å². The van der Waals surface area contributed by atoms with Crippen molar-refractivity contribution < 1.29 is 33.3 Å². The molecule has 0 amide bonds. The van der Waals surface area contributed by atoms with Gasteiger partial charge in [0.05, 0.1) is 35.1 Å². The van der Waals surface area contributed by atoms with Crippen LogP contribution in [0.4, 0.5) is 0 Å². The second-order valence-electron chi connectivity index (χ2n) is 8.67. The Morgan fingerprint density at radius 2 is 1.68 bits per heavy atom. The molecule has 10 nitrogen and oxygen atoms in total. The van der Waals surface area contributed by atoms with Gasteiger partial charge in [0.15, 0.2) is 16.3 Å². The van der Waals surface area contributed by atoms with Gasteiger partial charge in [-0.2, -0.15) is 0 Å². The summed E-state index contributed by atoms with van der Waals surface area (Å²) in [5.74, 6) is -0.803. The molecule has 0 aliphatic carbocycles. The number of thiazole rings is 1. The van der Waals surface area contributed by atoms with Crippen molar-refractivity contribution in [2.24, 2.45) is 4.99 Å². The number of fused-ring (bicyclic) bond motifs is 1. The Hall–Kier alpha value is -4.51. The smallest absolute Gasteiger partial charge is 0.338 e. The Morgan fingerprint density at radius 3 is 2.35 bits per heavy atom. The predicted molar refractivity (Wildman–Crippen MR) is 147 cm³/mol. The number of para-hydroxylation sites is 1. The van der Waals surface area contributed by atoms with E-state index in [2.05, 4.69) is 4.99 Å². The van der Waals surface area contributed by atoms with Gasteiger partial charge in [-0.15, -0.1) is 0 Å². The number of carbonyl (C=O) groups is 3. The lowest BCUT2D eigenvalue weighted by atomic mass is 9.95. The van der Waals surface area contributed by atoms with Crippen LogP contribution in [0.3, 0.4) is 0 Å². The molecule has 1 aliphatic heterocycles. The highest BCUT2D eigenvalue weighted by Crippen LogP contribution is 2.36. The monoisotopic (exact) mass is 564 g/mol. The van der Waals surface area contributed by atoms with E-state index in [1.165, 1.54) is 18.4 Å². The van der Waals surface area contributed by atoms with Crippen LogP contribution in [-0.2, 0) is 19.1 Å². The molecule has 2 heterocycles. The summed E-state index contributed by atoms with van der Waals surface area (Å²) in [6, 6.07) is 10.8. The minimum atomic E-state index is -0.897. The maximum Gasteiger partial charge on any atom is 0.338 e. The molecule has 0 radical (unpaired) electrons. The van der Waals surface area contributed by atoms with Gasteiger partial charge in [0.1, 0.15) is 5.75 Å². The molecule has 208 valence electrons. The summed E-state index contributed by atoms with van der Waals surface area (Å²) >= 11 is 1.14. The van der Waals surface area contributed by atoms with Gasteiger partial charge in [-0.1, -0.05) is 35.6 Å². The van der Waals surface area contributed by atoms with E-state index in [1.807, 2.05) is 0 Å². The molecule has 2 aromatic carbocycles. The zero-order chi connectivity index (χ0) is 29.0. The Labute approximate surface area is 233 Å². The SMILES string of the molecule is CCOC(=O)C1=C(C)N=c2s/c(=C/c3ccccc3OC(C)=O)c(=O)n2[C@H]1c1ccc(OC(C)=O)c(OCC)c1. The molecule has 1 atom stereocenters. The minimum absolute atomic E-state index is 0.134. The van der Waals surface area contributed by atoms with E-state index in [-0.39, 0.29) is 23.7 Å². The lowest BCUT2D eigenvalue weighted by molar-refractivity contribution is -0.139. The Morgan fingerprint density at radius 1 is 0.975 bits per heavy atom. The van der Waals surface area contributed by atoms with E-state index in [1.54, 1.807) is 69.3 Å². The summed E-state index contributed by atoms with van der Waals surface area (Å²) in [6.45, 7) is 8.18. The first-order valence-corrected chi connectivity index (χ1v) is 13.4. The Kier molecular flexibility index (Phi) is 8.64. The van der Waals surface area contributed by atoms with Crippen LogP contribution in [0, 0.1) is 0 Å². The fraction of sp³-hybridized carbons (Fsp3) is 0.276. The summed E-state index contributed by atoms with van der Waals surface area (Å²) < 4.78 is 23.4. The molecule has 0 spiro atoms. The number of esters is 3. The Balaban J connectivity index is 1.95. The quantitative estimate of drug-likeness (QED) is 0.302. The number of hydrogen-bond donors (Lipinski definition) is 0. The molecule has 1 aliphatic rings. The first kappa shape index (κ1) is 28.5. The largest absolute Gasteiger partial charge is 0.490 e. The molecule has 3 aromatic rings. The molecule has 0 unspecified atom stereocenters. The second-order valence-corrected chi connectivity index (χ2v) is 9.68. The maximum absolute atomic E-state index is 13.9. The number of rotatable bonds is 8. The average molecular weight is 565 g/mol. The van der Waals surface area contributed by atoms with E-state index >= 15 is 0 Å². The molecule has 0 saturated carbocycles. The van der Waals surface area contributed by atoms with Gasteiger partial charge < -0.3 is 18.9 Å². The summed E-state index contributed by atoms with van der Waals surface area (Å²) in [5, 5.41) is 0. The van der Waals surface area contributed by atoms with Crippen LogP contribution in [0.5, 0.6) is 17.2 Å². The molecule has 1 aromatic heterocycles. The highest BCUT2D eigenvalue weighted by Gasteiger charge is 2.34. The van der Waals surface area contributed by atoms with Crippen molar-refractivity contribution in [3.05, 3.63) is 84.5 Å². The molecular weight excluding hydrogens is 536 g/mol.